The van der Waals surface area contributed by atoms with E-state index in [1.54, 1.807) is 19.1 Å². The highest BCUT2D eigenvalue weighted by molar-refractivity contribution is 9.10. The molecule has 0 amide bonds. The Labute approximate surface area is 121 Å². The van der Waals surface area contributed by atoms with E-state index >= 15 is 0 Å². The summed E-state index contributed by atoms with van der Waals surface area (Å²) >= 11 is 3.25. The fourth-order valence-electron chi connectivity index (χ4n) is 1.68. The Bertz CT molecular complexity index is 621. The molecule has 0 saturated heterocycles. The standard InChI is InChI=1S/C13H10BrF3N2O/c1-7-5-8(14)6-10(18)11(7)20-12-9(13(15,16)17)3-2-4-19-12/h2-6H,18H2,1H3. The number of anilines is 1. The Morgan fingerprint density at radius 2 is 2.00 bits per heavy atom. The molecule has 1 heterocycles. The maximum Gasteiger partial charge on any atom is 0.421 e. The molecule has 0 unspecified atom stereocenters. The van der Waals surface area contributed by atoms with Crippen molar-refractivity contribution in [2.45, 2.75) is 13.1 Å². The summed E-state index contributed by atoms with van der Waals surface area (Å²) in [6.07, 6.45) is -3.31. The number of aryl methyl sites for hydroxylation is 1. The van der Waals surface area contributed by atoms with Crippen molar-refractivity contribution in [3.8, 4) is 11.6 Å². The zero-order chi connectivity index (χ0) is 14.9. The summed E-state index contributed by atoms with van der Waals surface area (Å²) in [7, 11) is 0. The molecule has 7 heteroatoms. The Hall–Kier alpha value is -1.76. The van der Waals surface area contributed by atoms with Gasteiger partial charge in [-0.05, 0) is 36.8 Å². The summed E-state index contributed by atoms with van der Waals surface area (Å²) in [5, 5.41) is 0. The lowest BCUT2D eigenvalue weighted by Crippen LogP contribution is -2.08. The Morgan fingerprint density at radius 3 is 2.60 bits per heavy atom. The van der Waals surface area contributed by atoms with Gasteiger partial charge in [-0.2, -0.15) is 13.2 Å². The monoisotopic (exact) mass is 346 g/mol. The molecule has 0 saturated carbocycles. The number of alkyl halides is 3. The van der Waals surface area contributed by atoms with Crippen LogP contribution in [0, 0.1) is 6.92 Å². The quantitative estimate of drug-likeness (QED) is 0.811. The maximum atomic E-state index is 12.9. The lowest BCUT2D eigenvalue weighted by molar-refractivity contribution is -0.138. The second-order valence-corrected chi connectivity index (χ2v) is 5.01. The van der Waals surface area contributed by atoms with E-state index in [-0.39, 0.29) is 11.4 Å². The van der Waals surface area contributed by atoms with E-state index in [4.69, 9.17) is 10.5 Å². The number of rotatable bonds is 2. The molecule has 0 aliphatic heterocycles. The van der Waals surface area contributed by atoms with E-state index in [1.807, 2.05) is 0 Å². The van der Waals surface area contributed by atoms with E-state index in [9.17, 15) is 13.2 Å². The first-order valence-corrected chi connectivity index (χ1v) is 6.34. The second kappa shape index (κ2) is 5.32. The molecular formula is C13H10BrF3N2O. The number of halogens is 4. The zero-order valence-corrected chi connectivity index (χ0v) is 11.9. The van der Waals surface area contributed by atoms with E-state index in [0.717, 1.165) is 10.5 Å². The Morgan fingerprint density at radius 1 is 1.30 bits per heavy atom. The van der Waals surface area contributed by atoms with Crippen molar-refractivity contribution in [2.75, 3.05) is 5.73 Å². The van der Waals surface area contributed by atoms with Crippen LogP contribution >= 0.6 is 15.9 Å². The number of nitrogen functional groups attached to an aromatic ring is 1. The lowest BCUT2D eigenvalue weighted by Gasteiger charge is -2.15. The number of aromatic nitrogens is 1. The molecule has 2 N–H and O–H groups in total. The number of ether oxygens (including phenoxy) is 1. The predicted molar refractivity (Wildman–Crippen MR) is 72.6 cm³/mol. The van der Waals surface area contributed by atoms with Crippen molar-refractivity contribution in [3.63, 3.8) is 0 Å². The molecule has 106 valence electrons. The minimum Gasteiger partial charge on any atom is -0.436 e. The van der Waals surface area contributed by atoms with Crippen LogP contribution in [0.4, 0.5) is 18.9 Å². The summed E-state index contributed by atoms with van der Waals surface area (Å²) in [4.78, 5) is 3.64. The summed E-state index contributed by atoms with van der Waals surface area (Å²) < 4.78 is 44.6. The summed E-state index contributed by atoms with van der Waals surface area (Å²) in [5.74, 6) is -0.352. The Balaban J connectivity index is 2.46. The highest BCUT2D eigenvalue weighted by Crippen LogP contribution is 2.39. The smallest absolute Gasteiger partial charge is 0.421 e. The average molecular weight is 347 g/mol. The minimum absolute atomic E-state index is 0.164. The van der Waals surface area contributed by atoms with Gasteiger partial charge in [-0.3, -0.25) is 0 Å². The van der Waals surface area contributed by atoms with Gasteiger partial charge >= 0.3 is 6.18 Å². The fraction of sp³-hybridized carbons (Fsp3) is 0.154. The number of pyridine rings is 1. The first kappa shape index (κ1) is 14.6. The van der Waals surface area contributed by atoms with Crippen LogP contribution in [0.25, 0.3) is 0 Å². The first-order valence-electron chi connectivity index (χ1n) is 5.54. The Kier molecular flexibility index (Phi) is 3.89. The van der Waals surface area contributed by atoms with Gasteiger partial charge in [-0.15, -0.1) is 0 Å². The minimum atomic E-state index is -4.54. The van der Waals surface area contributed by atoms with Crippen LogP contribution in [0.3, 0.4) is 0 Å². The topological polar surface area (TPSA) is 48.1 Å². The van der Waals surface area contributed by atoms with Crippen LogP contribution in [-0.4, -0.2) is 4.98 Å². The van der Waals surface area contributed by atoms with Crippen molar-refractivity contribution in [1.29, 1.82) is 0 Å². The van der Waals surface area contributed by atoms with Crippen molar-refractivity contribution >= 4 is 21.6 Å². The van der Waals surface area contributed by atoms with Crippen LogP contribution in [0.15, 0.2) is 34.9 Å². The van der Waals surface area contributed by atoms with Gasteiger partial charge < -0.3 is 10.5 Å². The SMILES string of the molecule is Cc1cc(Br)cc(N)c1Oc1ncccc1C(F)(F)F. The summed E-state index contributed by atoms with van der Waals surface area (Å²) in [6, 6.07) is 5.36. The van der Waals surface area contributed by atoms with Crippen LogP contribution in [0.1, 0.15) is 11.1 Å². The molecule has 0 aliphatic carbocycles. The van der Waals surface area contributed by atoms with Crippen molar-refractivity contribution < 1.29 is 17.9 Å². The van der Waals surface area contributed by atoms with E-state index in [1.165, 1.54) is 12.3 Å². The third kappa shape index (κ3) is 3.04. The molecule has 1 aromatic heterocycles. The van der Waals surface area contributed by atoms with Crippen molar-refractivity contribution in [3.05, 3.63) is 46.1 Å². The van der Waals surface area contributed by atoms with E-state index in [0.29, 0.717) is 5.56 Å². The van der Waals surface area contributed by atoms with Crippen LogP contribution in [-0.2, 0) is 6.18 Å². The van der Waals surface area contributed by atoms with Crippen molar-refractivity contribution in [1.82, 2.24) is 4.98 Å². The molecule has 2 aromatic rings. The maximum absolute atomic E-state index is 12.9. The third-order valence-electron chi connectivity index (χ3n) is 2.54. The normalized spacial score (nSPS) is 11.4. The van der Waals surface area contributed by atoms with Crippen LogP contribution < -0.4 is 10.5 Å². The molecule has 0 radical (unpaired) electrons. The van der Waals surface area contributed by atoms with Gasteiger partial charge in [0.2, 0.25) is 5.88 Å². The van der Waals surface area contributed by atoms with Gasteiger partial charge in [-0.25, -0.2) is 4.98 Å². The molecular weight excluding hydrogens is 337 g/mol. The molecule has 2 rings (SSSR count). The van der Waals surface area contributed by atoms with Crippen LogP contribution in [0.2, 0.25) is 0 Å². The second-order valence-electron chi connectivity index (χ2n) is 4.10. The molecule has 0 aliphatic rings. The molecule has 20 heavy (non-hydrogen) atoms. The van der Waals surface area contributed by atoms with Gasteiger partial charge in [0.05, 0.1) is 5.69 Å². The highest BCUT2D eigenvalue weighted by Gasteiger charge is 2.35. The number of hydrogen-bond acceptors (Lipinski definition) is 3. The highest BCUT2D eigenvalue weighted by atomic mass is 79.9. The van der Waals surface area contributed by atoms with Gasteiger partial charge in [0.1, 0.15) is 5.56 Å². The summed E-state index contributed by atoms with van der Waals surface area (Å²) in [5.41, 5.74) is 5.66. The molecule has 3 nitrogen and oxygen atoms in total. The van der Waals surface area contributed by atoms with E-state index in [2.05, 4.69) is 20.9 Å². The average Bonchev–Trinajstić information content (AvgIpc) is 2.33. The lowest BCUT2D eigenvalue weighted by atomic mass is 10.2. The molecule has 0 bridgehead atoms. The molecule has 0 spiro atoms. The number of hydrogen-bond donors (Lipinski definition) is 1. The number of nitrogens with two attached hydrogens (primary N) is 1. The zero-order valence-electron chi connectivity index (χ0n) is 10.3. The van der Waals surface area contributed by atoms with Crippen molar-refractivity contribution in [2.24, 2.45) is 0 Å². The van der Waals surface area contributed by atoms with Gasteiger partial charge in [0.15, 0.2) is 5.75 Å². The third-order valence-corrected chi connectivity index (χ3v) is 3.00. The van der Waals surface area contributed by atoms with Crippen LogP contribution in [0.5, 0.6) is 11.6 Å². The molecule has 1 aromatic carbocycles. The fourth-order valence-corrected chi connectivity index (χ4v) is 2.27. The largest absolute Gasteiger partial charge is 0.436 e. The first-order chi connectivity index (χ1) is 9.29. The number of benzene rings is 1. The van der Waals surface area contributed by atoms with E-state index < -0.39 is 17.6 Å². The molecule has 0 fully saturated rings. The van der Waals surface area contributed by atoms with Gasteiger partial charge in [-0.1, -0.05) is 15.9 Å². The predicted octanol–water partition coefficient (Wildman–Crippen LogP) is 4.55. The number of nitrogens with zero attached hydrogens (tertiary/aromatic N) is 1. The summed E-state index contributed by atoms with van der Waals surface area (Å²) in [6.45, 7) is 1.69. The molecule has 0 atom stereocenters. The van der Waals surface area contributed by atoms with Gasteiger partial charge in [0, 0.05) is 10.7 Å². The van der Waals surface area contributed by atoms with Gasteiger partial charge in [0.25, 0.3) is 0 Å².